The summed E-state index contributed by atoms with van der Waals surface area (Å²) in [7, 11) is 0. The minimum absolute atomic E-state index is 0.556. The summed E-state index contributed by atoms with van der Waals surface area (Å²) in [5, 5.41) is 11.5. The summed E-state index contributed by atoms with van der Waals surface area (Å²) in [6.07, 6.45) is 4.19. The molecule has 0 radical (unpaired) electrons. The van der Waals surface area contributed by atoms with Crippen LogP contribution in [0.3, 0.4) is 0 Å². The van der Waals surface area contributed by atoms with Crippen molar-refractivity contribution in [2.75, 3.05) is 13.1 Å². The molecule has 0 atom stereocenters. The molecule has 0 aliphatic carbocycles. The first-order valence-electron chi connectivity index (χ1n) is 6.35. The van der Waals surface area contributed by atoms with Gasteiger partial charge >= 0.3 is 0 Å². The number of nitrogens with one attached hydrogen (secondary N) is 2. The Morgan fingerprint density at radius 3 is 2.67 bits per heavy atom. The number of benzene rings is 1. The molecule has 4 heteroatoms. The van der Waals surface area contributed by atoms with Gasteiger partial charge in [0.05, 0.1) is 6.20 Å². The van der Waals surface area contributed by atoms with Gasteiger partial charge in [-0.1, -0.05) is 29.8 Å². The number of H-pyrrole nitrogens is 1. The third-order valence-corrected chi connectivity index (χ3v) is 3.91. The zero-order valence-corrected chi connectivity index (χ0v) is 10.9. The first kappa shape index (κ1) is 11.8. The fourth-order valence-corrected chi connectivity index (χ4v) is 2.85. The van der Waals surface area contributed by atoms with E-state index in [-0.39, 0.29) is 0 Å². The van der Waals surface area contributed by atoms with Gasteiger partial charge in [0, 0.05) is 27.8 Å². The van der Waals surface area contributed by atoms with Crippen LogP contribution in [0.5, 0.6) is 0 Å². The van der Waals surface area contributed by atoms with Crippen LogP contribution < -0.4 is 5.32 Å². The van der Waals surface area contributed by atoms with E-state index in [4.69, 9.17) is 11.6 Å². The van der Waals surface area contributed by atoms with Gasteiger partial charge in [0.1, 0.15) is 0 Å². The number of aromatic nitrogens is 2. The van der Waals surface area contributed by atoms with E-state index in [0.717, 1.165) is 42.1 Å². The number of nitrogens with zero attached hydrogens (tertiary/aromatic N) is 1. The highest BCUT2D eigenvalue weighted by Crippen LogP contribution is 2.35. The lowest BCUT2D eigenvalue weighted by atomic mass is 9.90. The predicted octanol–water partition coefficient (Wildman–Crippen LogP) is 3.20. The quantitative estimate of drug-likeness (QED) is 0.872. The van der Waals surface area contributed by atoms with E-state index in [9.17, 15) is 0 Å². The molecule has 2 aromatic rings. The minimum atomic E-state index is 0.556. The van der Waals surface area contributed by atoms with Gasteiger partial charge in [-0.2, -0.15) is 5.10 Å². The largest absolute Gasteiger partial charge is 0.317 e. The number of aromatic amines is 1. The van der Waals surface area contributed by atoms with Crippen molar-refractivity contribution in [3.8, 4) is 11.1 Å². The summed E-state index contributed by atoms with van der Waals surface area (Å²) in [5.41, 5.74) is 3.44. The predicted molar refractivity (Wildman–Crippen MR) is 73.9 cm³/mol. The van der Waals surface area contributed by atoms with Gasteiger partial charge in [-0.3, -0.25) is 5.10 Å². The molecule has 0 saturated carbocycles. The molecule has 1 fully saturated rings. The number of halogens is 1. The van der Waals surface area contributed by atoms with Crippen molar-refractivity contribution < 1.29 is 0 Å². The molecule has 18 heavy (non-hydrogen) atoms. The fourth-order valence-electron chi connectivity index (χ4n) is 2.61. The normalized spacial score (nSPS) is 16.9. The Bertz CT molecular complexity index is 529. The molecular weight excluding hydrogens is 246 g/mol. The first-order chi connectivity index (χ1) is 8.86. The Balaban J connectivity index is 1.98. The molecule has 3 rings (SSSR count). The van der Waals surface area contributed by atoms with E-state index in [0.29, 0.717) is 5.92 Å². The van der Waals surface area contributed by atoms with Gasteiger partial charge in [-0.15, -0.1) is 0 Å². The van der Waals surface area contributed by atoms with E-state index < -0.39 is 0 Å². The van der Waals surface area contributed by atoms with Gasteiger partial charge < -0.3 is 5.32 Å². The fraction of sp³-hybridized carbons (Fsp3) is 0.357. The van der Waals surface area contributed by atoms with Crippen LogP contribution in [0.1, 0.15) is 24.5 Å². The van der Waals surface area contributed by atoms with Crippen molar-refractivity contribution in [3.05, 3.63) is 41.2 Å². The van der Waals surface area contributed by atoms with Crippen LogP contribution in [0, 0.1) is 0 Å². The standard InChI is InChI=1S/C14H16ClN3/c15-13-4-2-1-3-11(13)12-9-17-18-14(12)10-5-7-16-8-6-10/h1-4,9-10,16H,5-8H2,(H,17,18). The van der Waals surface area contributed by atoms with Crippen LogP contribution in [0.25, 0.3) is 11.1 Å². The van der Waals surface area contributed by atoms with Crippen molar-refractivity contribution in [1.82, 2.24) is 15.5 Å². The number of rotatable bonds is 2. The highest BCUT2D eigenvalue weighted by molar-refractivity contribution is 6.33. The highest BCUT2D eigenvalue weighted by atomic mass is 35.5. The highest BCUT2D eigenvalue weighted by Gasteiger charge is 2.21. The van der Waals surface area contributed by atoms with E-state index in [1.165, 1.54) is 5.69 Å². The van der Waals surface area contributed by atoms with Gasteiger partial charge in [0.2, 0.25) is 0 Å². The second-order valence-corrected chi connectivity index (χ2v) is 5.11. The van der Waals surface area contributed by atoms with Crippen molar-refractivity contribution in [2.45, 2.75) is 18.8 Å². The molecule has 2 heterocycles. The average molecular weight is 262 g/mol. The lowest BCUT2D eigenvalue weighted by molar-refractivity contribution is 0.453. The molecule has 0 spiro atoms. The van der Waals surface area contributed by atoms with Crippen molar-refractivity contribution in [3.63, 3.8) is 0 Å². The Morgan fingerprint density at radius 1 is 1.11 bits per heavy atom. The summed E-state index contributed by atoms with van der Waals surface area (Å²) in [6.45, 7) is 2.15. The molecule has 0 unspecified atom stereocenters. The zero-order valence-electron chi connectivity index (χ0n) is 10.1. The Morgan fingerprint density at radius 2 is 1.89 bits per heavy atom. The third-order valence-electron chi connectivity index (χ3n) is 3.58. The molecule has 3 nitrogen and oxygen atoms in total. The summed E-state index contributed by atoms with van der Waals surface area (Å²) < 4.78 is 0. The summed E-state index contributed by atoms with van der Waals surface area (Å²) >= 11 is 6.27. The van der Waals surface area contributed by atoms with Crippen LogP contribution in [-0.4, -0.2) is 23.3 Å². The van der Waals surface area contributed by atoms with Crippen LogP contribution in [0.2, 0.25) is 5.02 Å². The smallest absolute Gasteiger partial charge is 0.0569 e. The maximum atomic E-state index is 6.27. The molecule has 94 valence electrons. The lowest BCUT2D eigenvalue weighted by Gasteiger charge is -2.22. The van der Waals surface area contributed by atoms with Gasteiger partial charge in [0.25, 0.3) is 0 Å². The second-order valence-electron chi connectivity index (χ2n) is 4.70. The lowest BCUT2D eigenvalue weighted by Crippen LogP contribution is -2.27. The van der Waals surface area contributed by atoms with Crippen molar-refractivity contribution in [1.29, 1.82) is 0 Å². The van der Waals surface area contributed by atoms with E-state index in [2.05, 4.69) is 21.6 Å². The molecule has 1 aromatic heterocycles. The van der Waals surface area contributed by atoms with Crippen molar-refractivity contribution in [2.24, 2.45) is 0 Å². The van der Waals surface area contributed by atoms with Crippen LogP contribution in [0.4, 0.5) is 0 Å². The third kappa shape index (κ3) is 2.16. The number of piperidine rings is 1. The average Bonchev–Trinajstić information content (AvgIpc) is 2.89. The minimum Gasteiger partial charge on any atom is -0.317 e. The summed E-state index contributed by atoms with van der Waals surface area (Å²) in [4.78, 5) is 0. The number of hydrogen-bond acceptors (Lipinski definition) is 2. The summed E-state index contributed by atoms with van der Waals surface area (Å²) in [6, 6.07) is 7.95. The molecule has 0 amide bonds. The molecule has 0 bridgehead atoms. The SMILES string of the molecule is Clc1ccccc1-c1cn[nH]c1C1CCNCC1. The Kier molecular flexibility index (Phi) is 3.35. The van der Waals surface area contributed by atoms with Crippen molar-refractivity contribution >= 4 is 11.6 Å². The molecule has 2 N–H and O–H groups in total. The Labute approximate surface area is 112 Å². The molecule has 1 aromatic carbocycles. The van der Waals surface area contributed by atoms with Gasteiger partial charge in [0.15, 0.2) is 0 Å². The van der Waals surface area contributed by atoms with E-state index in [1.807, 2.05) is 24.4 Å². The van der Waals surface area contributed by atoms with E-state index in [1.54, 1.807) is 0 Å². The van der Waals surface area contributed by atoms with Gasteiger partial charge in [-0.05, 0) is 32.0 Å². The van der Waals surface area contributed by atoms with Crippen LogP contribution >= 0.6 is 11.6 Å². The maximum absolute atomic E-state index is 6.27. The monoisotopic (exact) mass is 261 g/mol. The van der Waals surface area contributed by atoms with Crippen LogP contribution in [0.15, 0.2) is 30.5 Å². The number of hydrogen-bond donors (Lipinski definition) is 2. The summed E-state index contributed by atoms with van der Waals surface area (Å²) in [5.74, 6) is 0.556. The Hall–Kier alpha value is -1.32. The molecule has 1 aliphatic heterocycles. The molecule has 1 aliphatic rings. The van der Waals surface area contributed by atoms with Gasteiger partial charge in [-0.25, -0.2) is 0 Å². The molecule has 1 saturated heterocycles. The maximum Gasteiger partial charge on any atom is 0.0569 e. The zero-order chi connectivity index (χ0) is 12.4. The molecular formula is C14H16ClN3. The van der Waals surface area contributed by atoms with E-state index >= 15 is 0 Å². The topological polar surface area (TPSA) is 40.7 Å². The second kappa shape index (κ2) is 5.12. The first-order valence-corrected chi connectivity index (χ1v) is 6.73. The van der Waals surface area contributed by atoms with Crippen LogP contribution in [-0.2, 0) is 0 Å².